The van der Waals surface area contributed by atoms with E-state index in [1.807, 2.05) is 26.8 Å². The standard InChI is InChI=1S/C26H29Cl2N5O3/c1-26(2,3)36-25(34)33-13-16-8-17(27)11-30-23(16)22-21(14-33)31-32-24(22)15-4-6-19(7-5-15)35-20-9-18(28)10-29-12-20/h8-12,15,19H,4-7,13-14H2,1-3H3,(H,31,32). The number of aromatic nitrogens is 4. The van der Waals surface area contributed by atoms with Crippen LogP contribution in [0.25, 0.3) is 11.3 Å². The van der Waals surface area contributed by atoms with Gasteiger partial charge in [-0.15, -0.1) is 0 Å². The van der Waals surface area contributed by atoms with E-state index in [4.69, 9.17) is 37.8 Å². The van der Waals surface area contributed by atoms with Gasteiger partial charge in [0.05, 0.1) is 52.5 Å². The van der Waals surface area contributed by atoms with Gasteiger partial charge in [0.25, 0.3) is 0 Å². The normalized spacial score (nSPS) is 19.8. The van der Waals surface area contributed by atoms with Crippen molar-refractivity contribution in [3.8, 4) is 17.0 Å². The third-order valence-corrected chi connectivity index (χ3v) is 6.86. The fourth-order valence-corrected chi connectivity index (χ4v) is 5.25. The van der Waals surface area contributed by atoms with Crippen molar-refractivity contribution in [2.75, 3.05) is 0 Å². The molecular formula is C26H29Cl2N5O3. The molecule has 1 amide bonds. The van der Waals surface area contributed by atoms with Gasteiger partial charge in [-0.25, -0.2) is 4.79 Å². The molecule has 3 aromatic rings. The quantitative estimate of drug-likeness (QED) is 0.414. The van der Waals surface area contributed by atoms with E-state index in [0.29, 0.717) is 28.9 Å². The molecule has 8 nitrogen and oxygen atoms in total. The summed E-state index contributed by atoms with van der Waals surface area (Å²) in [6, 6.07) is 3.66. The lowest BCUT2D eigenvalue weighted by molar-refractivity contribution is 0.0216. The van der Waals surface area contributed by atoms with Crippen molar-refractivity contribution < 1.29 is 14.3 Å². The Morgan fingerprint density at radius 2 is 1.81 bits per heavy atom. The number of rotatable bonds is 3. The summed E-state index contributed by atoms with van der Waals surface area (Å²) in [7, 11) is 0. The molecule has 0 spiro atoms. The van der Waals surface area contributed by atoms with Gasteiger partial charge in [-0.3, -0.25) is 20.0 Å². The number of fused-ring (bicyclic) bond motifs is 3. The molecule has 0 unspecified atom stereocenters. The number of carbonyl (C=O) groups is 1. The Kier molecular flexibility index (Phi) is 6.83. The van der Waals surface area contributed by atoms with E-state index in [1.54, 1.807) is 29.6 Å². The number of ether oxygens (including phenoxy) is 2. The minimum Gasteiger partial charge on any atom is -0.489 e. The molecule has 3 aromatic heterocycles. The van der Waals surface area contributed by atoms with E-state index < -0.39 is 5.60 Å². The van der Waals surface area contributed by atoms with Gasteiger partial charge in [-0.1, -0.05) is 23.2 Å². The minimum absolute atomic E-state index is 0.103. The van der Waals surface area contributed by atoms with E-state index in [9.17, 15) is 4.79 Å². The Hall–Kier alpha value is -2.84. The maximum absolute atomic E-state index is 13.0. The van der Waals surface area contributed by atoms with Gasteiger partial charge in [-0.2, -0.15) is 5.10 Å². The lowest BCUT2D eigenvalue weighted by atomic mass is 9.83. The first kappa shape index (κ1) is 24.8. The Morgan fingerprint density at radius 3 is 2.53 bits per heavy atom. The molecule has 1 saturated carbocycles. The SMILES string of the molecule is CC(C)(C)OC(=O)N1Cc2cc(Cl)cnc2-c2c(C3CCC(Oc4cncc(Cl)c4)CC3)n[nH]c2C1. The van der Waals surface area contributed by atoms with Crippen LogP contribution in [0.4, 0.5) is 4.79 Å². The molecule has 5 rings (SSSR count). The summed E-state index contributed by atoms with van der Waals surface area (Å²) >= 11 is 12.3. The van der Waals surface area contributed by atoms with Crippen LogP contribution in [0.15, 0.2) is 30.7 Å². The first-order chi connectivity index (χ1) is 17.2. The highest BCUT2D eigenvalue weighted by atomic mass is 35.5. The molecule has 36 heavy (non-hydrogen) atoms. The number of carbonyl (C=O) groups excluding carboxylic acids is 1. The highest BCUT2D eigenvalue weighted by Gasteiger charge is 2.34. The summed E-state index contributed by atoms with van der Waals surface area (Å²) in [5.74, 6) is 0.942. The van der Waals surface area contributed by atoms with Crippen LogP contribution in [0.2, 0.25) is 10.0 Å². The highest BCUT2D eigenvalue weighted by molar-refractivity contribution is 6.30. The first-order valence-corrected chi connectivity index (χ1v) is 12.9. The van der Waals surface area contributed by atoms with Crippen LogP contribution in [0.1, 0.15) is 69.3 Å². The molecule has 1 aliphatic heterocycles. The van der Waals surface area contributed by atoms with Crippen LogP contribution in [0, 0.1) is 0 Å². The topological polar surface area (TPSA) is 93.2 Å². The van der Waals surface area contributed by atoms with Gasteiger partial charge < -0.3 is 9.47 Å². The molecule has 2 aliphatic rings. The fraction of sp³-hybridized carbons (Fsp3) is 0.462. The summed E-state index contributed by atoms with van der Waals surface area (Å²) < 4.78 is 11.8. The third-order valence-electron chi connectivity index (χ3n) is 6.44. The molecule has 0 saturated heterocycles. The monoisotopic (exact) mass is 529 g/mol. The van der Waals surface area contributed by atoms with Crippen molar-refractivity contribution in [1.82, 2.24) is 25.1 Å². The van der Waals surface area contributed by atoms with Crippen molar-refractivity contribution in [3.63, 3.8) is 0 Å². The number of hydrogen-bond donors (Lipinski definition) is 1. The maximum atomic E-state index is 13.0. The van der Waals surface area contributed by atoms with Gasteiger partial charge in [0, 0.05) is 29.9 Å². The molecule has 1 aliphatic carbocycles. The van der Waals surface area contributed by atoms with Gasteiger partial charge in [0.1, 0.15) is 11.4 Å². The lowest BCUT2D eigenvalue weighted by Crippen LogP contribution is -2.35. The predicted octanol–water partition coefficient (Wildman–Crippen LogP) is 6.53. The Bertz CT molecular complexity index is 1260. The summed E-state index contributed by atoms with van der Waals surface area (Å²) in [5, 5.41) is 9.02. The van der Waals surface area contributed by atoms with Gasteiger partial charge in [0.15, 0.2) is 0 Å². The third kappa shape index (κ3) is 5.44. The zero-order valence-corrected chi connectivity index (χ0v) is 22.1. The van der Waals surface area contributed by atoms with E-state index in [-0.39, 0.29) is 18.1 Å². The second-order valence-electron chi connectivity index (χ2n) is 10.4. The van der Waals surface area contributed by atoms with Gasteiger partial charge in [0.2, 0.25) is 0 Å². The van der Waals surface area contributed by atoms with Crippen molar-refractivity contribution in [3.05, 3.63) is 57.7 Å². The van der Waals surface area contributed by atoms with Crippen molar-refractivity contribution in [2.45, 2.75) is 77.2 Å². The molecule has 0 aromatic carbocycles. The van der Waals surface area contributed by atoms with Gasteiger partial charge in [-0.05, 0) is 58.1 Å². The number of aromatic amines is 1. The zero-order chi connectivity index (χ0) is 25.4. The average molecular weight is 530 g/mol. The molecule has 190 valence electrons. The van der Waals surface area contributed by atoms with Crippen molar-refractivity contribution in [2.24, 2.45) is 0 Å². The van der Waals surface area contributed by atoms with E-state index >= 15 is 0 Å². The lowest BCUT2D eigenvalue weighted by Gasteiger charge is -2.28. The second-order valence-corrected chi connectivity index (χ2v) is 11.3. The zero-order valence-electron chi connectivity index (χ0n) is 20.6. The predicted molar refractivity (Wildman–Crippen MR) is 137 cm³/mol. The number of pyridine rings is 2. The first-order valence-electron chi connectivity index (χ1n) is 12.1. The number of nitrogens with zero attached hydrogens (tertiary/aromatic N) is 4. The van der Waals surface area contributed by atoms with Crippen LogP contribution < -0.4 is 4.74 Å². The minimum atomic E-state index is -0.595. The number of amides is 1. The Balaban J connectivity index is 1.38. The summed E-state index contributed by atoms with van der Waals surface area (Å²) in [5.41, 5.74) is 3.90. The Labute approximate surface area is 220 Å². The second kappa shape index (κ2) is 9.90. The molecule has 1 N–H and O–H groups in total. The summed E-state index contributed by atoms with van der Waals surface area (Å²) in [6.45, 7) is 6.28. The number of H-pyrrole nitrogens is 1. The molecule has 0 radical (unpaired) electrons. The molecule has 10 heteroatoms. The molecular weight excluding hydrogens is 501 g/mol. The fourth-order valence-electron chi connectivity index (χ4n) is 4.91. The van der Waals surface area contributed by atoms with Crippen LogP contribution in [-0.4, -0.2) is 42.9 Å². The summed E-state index contributed by atoms with van der Waals surface area (Å²) in [6.07, 6.45) is 8.29. The van der Waals surface area contributed by atoms with Crippen LogP contribution in [0.3, 0.4) is 0 Å². The van der Waals surface area contributed by atoms with E-state index in [0.717, 1.165) is 53.9 Å². The number of halogens is 2. The highest BCUT2D eigenvalue weighted by Crippen LogP contribution is 2.42. The average Bonchev–Trinajstić information content (AvgIpc) is 3.14. The molecule has 1 fully saturated rings. The molecule has 0 atom stereocenters. The van der Waals surface area contributed by atoms with Crippen molar-refractivity contribution >= 4 is 29.3 Å². The van der Waals surface area contributed by atoms with E-state index in [2.05, 4.69) is 15.1 Å². The van der Waals surface area contributed by atoms with Crippen LogP contribution >= 0.6 is 23.2 Å². The smallest absolute Gasteiger partial charge is 0.410 e. The Morgan fingerprint density at radius 1 is 1.06 bits per heavy atom. The largest absolute Gasteiger partial charge is 0.489 e. The molecule has 4 heterocycles. The number of nitrogens with one attached hydrogen (secondary N) is 1. The van der Waals surface area contributed by atoms with E-state index in [1.165, 1.54) is 0 Å². The van der Waals surface area contributed by atoms with Crippen LogP contribution in [-0.2, 0) is 17.8 Å². The summed E-state index contributed by atoms with van der Waals surface area (Å²) in [4.78, 5) is 23.4. The molecule has 0 bridgehead atoms. The van der Waals surface area contributed by atoms with Gasteiger partial charge >= 0.3 is 6.09 Å². The van der Waals surface area contributed by atoms with Crippen LogP contribution in [0.5, 0.6) is 5.75 Å². The van der Waals surface area contributed by atoms with Crippen molar-refractivity contribution in [1.29, 1.82) is 0 Å². The maximum Gasteiger partial charge on any atom is 0.410 e. The number of hydrogen-bond acceptors (Lipinski definition) is 6.